The number of hydrogen-bond acceptors (Lipinski definition) is 8. The zero-order valence-corrected chi connectivity index (χ0v) is 31.1. The minimum absolute atomic E-state index is 0.139. The fraction of sp³-hybridized carbons (Fsp3) is 0.375. The molecule has 284 valence electrons. The van der Waals surface area contributed by atoms with Crippen LogP contribution in [-0.2, 0) is 27.3 Å². The van der Waals surface area contributed by atoms with E-state index >= 15 is 0 Å². The van der Waals surface area contributed by atoms with Gasteiger partial charge in [0.25, 0.3) is 11.8 Å². The Hall–Kier alpha value is -6.05. The molecule has 3 aromatic carbocycles. The number of aromatic nitrogens is 3. The molecule has 0 saturated heterocycles. The molecule has 6 rings (SSSR count). The van der Waals surface area contributed by atoms with Crippen molar-refractivity contribution in [2.75, 3.05) is 20.2 Å². The first-order chi connectivity index (χ1) is 26.1. The molecule has 5 amide bonds. The molecular formula is C40H48N8O6. The van der Waals surface area contributed by atoms with Gasteiger partial charge in [-0.2, -0.15) is 0 Å². The Labute approximate surface area is 315 Å². The lowest BCUT2D eigenvalue weighted by Crippen LogP contribution is -2.58. The van der Waals surface area contributed by atoms with Gasteiger partial charge in [0.05, 0.1) is 7.11 Å². The Bertz CT molecular complexity index is 1880. The molecule has 14 heteroatoms. The highest BCUT2D eigenvalue weighted by Crippen LogP contribution is 2.17. The zero-order chi connectivity index (χ0) is 38.6. The van der Waals surface area contributed by atoms with E-state index in [1.54, 1.807) is 96.8 Å². The lowest BCUT2D eigenvalue weighted by atomic mass is 9.96. The van der Waals surface area contributed by atoms with Crippen molar-refractivity contribution < 1.29 is 28.7 Å². The van der Waals surface area contributed by atoms with Crippen molar-refractivity contribution >= 4 is 29.5 Å². The van der Waals surface area contributed by atoms with Gasteiger partial charge in [-0.25, -0.2) is 0 Å². The van der Waals surface area contributed by atoms with Gasteiger partial charge in [-0.05, 0) is 85.3 Å². The molecule has 2 bridgehead atoms. The monoisotopic (exact) mass is 736 g/mol. The predicted molar refractivity (Wildman–Crippen MR) is 202 cm³/mol. The van der Waals surface area contributed by atoms with Crippen LogP contribution in [0.4, 0.5) is 0 Å². The van der Waals surface area contributed by atoms with Crippen LogP contribution in [0, 0.1) is 5.92 Å². The van der Waals surface area contributed by atoms with Gasteiger partial charge >= 0.3 is 0 Å². The second-order valence-corrected chi connectivity index (χ2v) is 13.5. The number of amides is 5. The standard InChI is InChI=1S/C40H48N8O6/c1-5-26(2)35-39(52)45-34(22-28-10-18-33(54-4)19-11-28)38(51)44-27(3)36(49)41-20-6-7-21-47(23-29-8-12-30(13-9-29)37(50)46-35)40(53)31-14-16-32(17-15-31)48-24-42-43-25-48/h8-19,24-27,34-35H,5-7,20-23H2,1-4H3,(H,41,49)(H,44,51)(H,45,52)(H,46,50)/t26-,27+,34-,35?/m0/s1. The predicted octanol–water partition coefficient (Wildman–Crippen LogP) is 3.21. The Morgan fingerprint density at radius 2 is 1.54 bits per heavy atom. The Balaban J connectivity index is 1.38. The quantitative estimate of drug-likeness (QED) is 0.209. The minimum Gasteiger partial charge on any atom is -0.497 e. The van der Waals surface area contributed by atoms with Crippen molar-refractivity contribution in [3.63, 3.8) is 0 Å². The second-order valence-electron chi connectivity index (χ2n) is 13.5. The molecule has 4 N–H and O–H groups in total. The van der Waals surface area contributed by atoms with Crippen molar-refractivity contribution in [1.29, 1.82) is 0 Å². The molecular weight excluding hydrogens is 688 g/mol. The van der Waals surface area contributed by atoms with Gasteiger partial charge in [0.15, 0.2) is 0 Å². The van der Waals surface area contributed by atoms with Crippen LogP contribution < -0.4 is 26.0 Å². The van der Waals surface area contributed by atoms with Crippen LogP contribution in [0.3, 0.4) is 0 Å². The van der Waals surface area contributed by atoms with E-state index in [2.05, 4.69) is 31.5 Å². The highest BCUT2D eigenvalue weighted by molar-refractivity contribution is 5.99. The summed E-state index contributed by atoms with van der Waals surface area (Å²) in [7, 11) is 1.56. The molecule has 4 atom stereocenters. The van der Waals surface area contributed by atoms with Crippen LogP contribution in [0.1, 0.15) is 71.9 Å². The normalized spacial score (nSPS) is 19.8. The van der Waals surface area contributed by atoms with E-state index in [-0.39, 0.29) is 30.7 Å². The number of nitrogens with one attached hydrogen (secondary N) is 4. The first-order valence-corrected chi connectivity index (χ1v) is 18.2. The molecule has 1 aromatic heterocycles. The molecule has 1 unspecified atom stereocenters. The Morgan fingerprint density at radius 3 is 2.19 bits per heavy atom. The first-order valence-electron chi connectivity index (χ1n) is 18.2. The van der Waals surface area contributed by atoms with Gasteiger partial charge in [0, 0.05) is 42.9 Å². The molecule has 0 saturated carbocycles. The van der Waals surface area contributed by atoms with E-state index in [9.17, 15) is 24.0 Å². The summed E-state index contributed by atoms with van der Waals surface area (Å²) in [6.07, 6.45) is 5.05. The topological polar surface area (TPSA) is 177 Å². The zero-order valence-electron chi connectivity index (χ0n) is 31.1. The molecule has 0 spiro atoms. The number of nitrogens with zero attached hydrogens (tertiary/aromatic N) is 4. The number of methoxy groups -OCH3 is 1. The number of carbonyl (C=O) groups is 5. The summed E-state index contributed by atoms with van der Waals surface area (Å²) in [5.74, 6) is -1.68. The summed E-state index contributed by atoms with van der Waals surface area (Å²) >= 11 is 0. The number of hydrogen-bond donors (Lipinski definition) is 4. The lowest BCUT2D eigenvalue weighted by molar-refractivity contribution is -0.132. The maximum Gasteiger partial charge on any atom is 0.254 e. The molecule has 4 aromatic rings. The summed E-state index contributed by atoms with van der Waals surface area (Å²) in [4.78, 5) is 69.7. The van der Waals surface area contributed by atoms with Crippen LogP contribution in [0.15, 0.2) is 85.5 Å². The third kappa shape index (κ3) is 10.3. The molecule has 2 aliphatic heterocycles. The van der Waals surface area contributed by atoms with E-state index in [4.69, 9.17) is 4.74 Å². The van der Waals surface area contributed by atoms with E-state index in [0.29, 0.717) is 49.2 Å². The summed E-state index contributed by atoms with van der Waals surface area (Å²) in [6, 6.07) is 18.3. The third-order valence-electron chi connectivity index (χ3n) is 9.63. The summed E-state index contributed by atoms with van der Waals surface area (Å²) in [6.45, 7) is 6.38. The fourth-order valence-electron chi connectivity index (χ4n) is 6.09. The van der Waals surface area contributed by atoms with Gasteiger partial charge in [-0.15, -0.1) is 10.2 Å². The highest BCUT2D eigenvalue weighted by atomic mass is 16.5. The smallest absolute Gasteiger partial charge is 0.254 e. The van der Waals surface area contributed by atoms with E-state index in [1.165, 1.54) is 0 Å². The van der Waals surface area contributed by atoms with Gasteiger partial charge in [0.1, 0.15) is 36.5 Å². The molecule has 3 heterocycles. The molecule has 0 fully saturated rings. The lowest BCUT2D eigenvalue weighted by Gasteiger charge is -2.27. The van der Waals surface area contributed by atoms with Gasteiger partial charge < -0.3 is 30.9 Å². The van der Waals surface area contributed by atoms with E-state index in [1.807, 2.05) is 26.0 Å². The summed E-state index contributed by atoms with van der Waals surface area (Å²) < 4.78 is 7.00. The number of fused-ring (bicyclic) bond motifs is 18. The van der Waals surface area contributed by atoms with Gasteiger partial charge in [-0.1, -0.05) is 44.5 Å². The van der Waals surface area contributed by atoms with Gasteiger partial charge in [0.2, 0.25) is 17.7 Å². The average Bonchev–Trinajstić information content (AvgIpc) is 3.74. The Morgan fingerprint density at radius 1 is 0.852 bits per heavy atom. The maximum atomic E-state index is 13.9. The van der Waals surface area contributed by atoms with Crippen molar-refractivity contribution in [3.8, 4) is 11.4 Å². The SMILES string of the molecule is CC[C@H](C)C1NC(=O)c2ccc(cc2)CN(C(=O)c2ccc(-n3cnnc3)cc2)CCCCNC(=O)[C@@H](C)NC(=O)[C@H](Cc2ccc(OC)cc2)NC1=O. The Kier molecular flexibility index (Phi) is 13.5. The van der Waals surface area contributed by atoms with Crippen molar-refractivity contribution in [2.24, 2.45) is 5.92 Å². The van der Waals surface area contributed by atoms with Crippen LogP contribution in [-0.4, -0.2) is 87.5 Å². The third-order valence-corrected chi connectivity index (χ3v) is 9.63. The number of benzene rings is 3. The van der Waals surface area contributed by atoms with Crippen LogP contribution in [0.25, 0.3) is 5.69 Å². The molecule has 0 radical (unpaired) electrons. The van der Waals surface area contributed by atoms with Gasteiger partial charge in [-0.3, -0.25) is 28.5 Å². The fourth-order valence-corrected chi connectivity index (χ4v) is 6.09. The van der Waals surface area contributed by atoms with Crippen LogP contribution in [0.2, 0.25) is 0 Å². The van der Waals surface area contributed by atoms with Crippen molar-refractivity contribution in [1.82, 2.24) is 40.9 Å². The maximum absolute atomic E-state index is 13.9. The number of rotatable bonds is 7. The molecule has 2 aliphatic rings. The van der Waals surface area contributed by atoms with Crippen LogP contribution >= 0.6 is 0 Å². The molecule has 0 aliphatic carbocycles. The number of ether oxygens (including phenoxy) is 1. The summed E-state index contributed by atoms with van der Waals surface area (Å²) in [5, 5.41) is 19.0. The second kappa shape index (κ2) is 18.6. The van der Waals surface area contributed by atoms with Crippen molar-refractivity contribution in [3.05, 3.63) is 108 Å². The van der Waals surface area contributed by atoms with E-state index in [0.717, 1.165) is 16.8 Å². The van der Waals surface area contributed by atoms with Crippen LogP contribution in [0.5, 0.6) is 5.75 Å². The van der Waals surface area contributed by atoms with E-state index < -0.39 is 35.8 Å². The largest absolute Gasteiger partial charge is 0.497 e. The first kappa shape index (κ1) is 39.2. The van der Waals surface area contributed by atoms with Crippen molar-refractivity contribution in [2.45, 2.75) is 71.1 Å². The molecule has 14 nitrogen and oxygen atoms in total. The highest BCUT2D eigenvalue weighted by Gasteiger charge is 2.31. The summed E-state index contributed by atoms with van der Waals surface area (Å²) in [5.41, 5.74) is 3.25. The molecule has 54 heavy (non-hydrogen) atoms. The minimum atomic E-state index is -1.04. The average molecular weight is 737 g/mol. The number of carbonyl (C=O) groups excluding carboxylic acids is 5.